The molecule has 24 heavy (non-hydrogen) atoms. The van der Waals surface area contributed by atoms with Crippen LogP contribution in [-0.2, 0) is 20.8 Å². The van der Waals surface area contributed by atoms with Gasteiger partial charge in [-0.2, -0.15) is 0 Å². The highest BCUT2D eigenvalue weighted by molar-refractivity contribution is 7.18. The van der Waals surface area contributed by atoms with E-state index >= 15 is 0 Å². The van der Waals surface area contributed by atoms with E-state index in [-0.39, 0.29) is 33.3 Å². The van der Waals surface area contributed by atoms with Gasteiger partial charge in [0.15, 0.2) is 0 Å². The van der Waals surface area contributed by atoms with Crippen molar-refractivity contribution in [3.63, 3.8) is 0 Å². The zero-order valence-corrected chi connectivity index (χ0v) is 13.7. The van der Waals surface area contributed by atoms with Crippen molar-refractivity contribution in [3.8, 4) is 0 Å². The number of anilines is 1. The molecule has 0 bridgehead atoms. The van der Waals surface area contributed by atoms with E-state index in [0.717, 1.165) is 11.3 Å². The number of pyridine rings is 1. The van der Waals surface area contributed by atoms with Crippen LogP contribution in [0.4, 0.5) is 5.00 Å². The number of nitrogens with zero attached hydrogens (tertiary/aromatic N) is 1. The molecule has 2 aromatic heterocycles. The molecule has 126 valence electrons. The van der Waals surface area contributed by atoms with E-state index in [2.05, 4.69) is 14.5 Å². The van der Waals surface area contributed by atoms with Crippen LogP contribution >= 0.6 is 11.3 Å². The number of nitrogens with two attached hydrogens (primary N) is 1. The molecule has 0 saturated carbocycles. The Hall–Kier alpha value is -2.94. The molecule has 0 aliphatic heterocycles. The van der Waals surface area contributed by atoms with Crippen molar-refractivity contribution >= 4 is 34.2 Å². The molecule has 0 fully saturated rings. The Kier molecular flexibility index (Phi) is 5.48. The summed E-state index contributed by atoms with van der Waals surface area (Å²) in [7, 11) is 2.38. The lowest BCUT2D eigenvalue weighted by Gasteiger charge is -2.07. The lowest BCUT2D eigenvalue weighted by Crippen LogP contribution is -2.13. The van der Waals surface area contributed by atoms with Crippen LogP contribution in [0.25, 0.3) is 0 Å². The number of hydrogen-bond acceptors (Lipinski definition) is 9. The van der Waals surface area contributed by atoms with Crippen molar-refractivity contribution in [3.05, 3.63) is 46.1 Å². The quantitative estimate of drug-likeness (QED) is 0.639. The number of carbonyl (C=O) groups is 3. The first-order chi connectivity index (χ1) is 11.5. The van der Waals surface area contributed by atoms with E-state index in [0.29, 0.717) is 0 Å². The first-order valence-corrected chi connectivity index (χ1v) is 7.47. The van der Waals surface area contributed by atoms with Gasteiger partial charge in [-0.3, -0.25) is 0 Å². The SMILES string of the molecule is COC(=O)c1sc(N)c(C(=O)OC)c1COC(=O)c1ccccn1. The van der Waals surface area contributed by atoms with Crippen molar-refractivity contribution < 1.29 is 28.6 Å². The summed E-state index contributed by atoms with van der Waals surface area (Å²) in [6.07, 6.45) is 1.44. The van der Waals surface area contributed by atoms with E-state index in [4.69, 9.17) is 10.5 Å². The maximum absolute atomic E-state index is 12.0. The zero-order valence-electron chi connectivity index (χ0n) is 12.9. The first-order valence-electron chi connectivity index (χ1n) is 6.65. The van der Waals surface area contributed by atoms with Gasteiger partial charge in [0.05, 0.1) is 14.2 Å². The Morgan fingerprint density at radius 2 is 1.83 bits per heavy atom. The maximum Gasteiger partial charge on any atom is 0.357 e. The van der Waals surface area contributed by atoms with Crippen LogP contribution < -0.4 is 5.73 Å². The molecule has 0 aliphatic rings. The van der Waals surface area contributed by atoms with Gasteiger partial charge in [0, 0.05) is 11.8 Å². The molecular formula is C15H14N2O6S. The number of nitrogen functional groups attached to an aromatic ring is 1. The smallest absolute Gasteiger partial charge is 0.357 e. The van der Waals surface area contributed by atoms with E-state index in [9.17, 15) is 14.4 Å². The van der Waals surface area contributed by atoms with Gasteiger partial charge in [0.1, 0.15) is 27.7 Å². The van der Waals surface area contributed by atoms with Crippen molar-refractivity contribution in [1.29, 1.82) is 0 Å². The lowest BCUT2D eigenvalue weighted by atomic mass is 10.1. The van der Waals surface area contributed by atoms with E-state index in [1.54, 1.807) is 12.1 Å². The predicted octanol–water partition coefficient (Wildman–Crippen LogP) is 1.66. The third kappa shape index (κ3) is 3.51. The van der Waals surface area contributed by atoms with Gasteiger partial charge in [0.25, 0.3) is 0 Å². The molecule has 0 aromatic carbocycles. The summed E-state index contributed by atoms with van der Waals surface area (Å²) >= 11 is 0.860. The summed E-state index contributed by atoms with van der Waals surface area (Å²) in [5.41, 5.74) is 6.01. The van der Waals surface area contributed by atoms with E-state index in [1.807, 2.05) is 0 Å². The highest BCUT2D eigenvalue weighted by Gasteiger charge is 2.28. The maximum atomic E-state index is 12.0. The largest absolute Gasteiger partial charge is 0.465 e. The summed E-state index contributed by atoms with van der Waals surface area (Å²) in [6, 6.07) is 4.76. The highest BCUT2D eigenvalue weighted by atomic mass is 32.1. The molecule has 0 unspecified atom stereocenters. The molecule has 9 heteroatoms. The third-order valence-corrected chi connectivity index (χ3v) is 4.06. The summed E-state index contributed by atoms with van der Waals surface area (Å²) in [5, 5.41) is 0.0751. The van der Waals surface area contributed by atoms with Gasteiger partial charge in [0.2, 0.25) is 0 Å². The molecule has 0 amide bonds. The van der Waals surface area contributed by atoms with Crippen molar-refractivity contribution in [1.82, 2.24) is 4.98 Å². The van der Waals surface area contributed by atoms with Gasteiger partial charge >= 0.3 is 17.9 Å². The Balaban J connectivity index is 2.32. The van der Waals surface area contributed by atoms with Gasteiger partial charge < -0.3 is 19.9 Å². The second kappa shape index (κ2) is 7.55. The van der Waals surface area contributed by atoms with Crippen molar-refractivity contribution in [2.45, 2.75) is 6.61 Å². The van der Waals surface area contributed by atoms with E-state index < -0.39 is 17.9 Å². The Labute approximate surface area is 141 Å². The average molecular weight is 350 g/mol. The number of ether oxygens (including phenoxy) is 3. The standard InChI is InChI=1S/C15H14N2O6S/c1-21-14(19)10-8(11(15(20)22-2)24-12(10)16)7-23-13(18)9-5-3-4-6-17-9/h3-6H,7,16H2,1-2H3. The molecule has 2 heterocycles. The third-order valence-electron chi connectivity index (χ3n) is 3.02. The molecule has 2 N–H and O–H groups in total. The molecule has 0 spiro atoms. The minimum Gasteiger partial charge on any atom is -0.465 e. The molecule has 0 radical (unpaired) electrons. The summed E-state index contributed by atoms with van der Waals surface area (Å²) < 4.78 is 14.5. The average Bonchev–Trinajstić information content (AvgIpc) is 2.95. The van der Waals surface area contributed by atoms with Gasteiger partial charge in [-0.05, 0) is 12.1 Å². The van der Waals surface area contributed by atoms with Crippen molar-refractivity contribution in [2.24, 2.45) is 0 Å². The Bertz CT molecular complexity index is 772. The topological polar surface area (TPSA) is 118 Å². The molecule has 0 atom stereocenters. The number of methoxy groups -OCH3 is 2. The zero-order chi connectivity index (χ0) is 17.7. The number of aromatic nitrogens is 1. The normalized spacial score (nSPS) is 10.1. The van der Waals surface area contributed by atoms with Crippen LogP contribution in [0.2, 0.25) is 0 Å². The fourth-order valence-corrected chi connectivity index (χ4v) is 2.88. The highest BCUT2D eigenvalue weighted by Crippen LogP contribution is 2.33. The van der Waals surface area contributed by atoms with Crippen LogP contribution in [-0.4, -0.2) is 37.1 Å². The fourth-order valence-electron chi connectivity index (χ4n) is 1.90. The molecule has 8 nitrogen and oxygen atoms in total. The molecule has 2 rings (SSSR count). The number of esters is 3. The minimum absolute atomic E-state index is 0.0169. The van der Waals surface area contributed by atoms with Crippen LogP contribution in [0.5, 0.6) is 0 Å². The Morgan fingerprint density at radius 1 is 1.12 bits per heavy atom. The number of thiophene rings is 1. The lowest BCUT2D eigenvalue weighted by molar-refractivity contribution is 0.0446. The van der Waals surface area contributed by atoms with Gasteiger partial charge in [-0.15, -0.1) is 11.3 Å². The first kappa shape index (κ1) is 17.4. The van der Waals surface area contributed by atoms with Crippen LogP contribution in [0.3, 0.4) is 0 Å². The van der Waals surface area contributed by atoms with E-state index in [1.165, 1.54) is 26.5 Å². The second-order valence-corrected chi connectivity index (χ2v) is 5.48. The summed E-state index contributed by atoms with van der Waals surface area (Å²) in [5.74, 6) is -2.12. The van der Waals surface area contributed by atoms with Crippen LogP contribution in [0.15, 0.2) is 24.4 Å². The van der Waals surface area contributed by atoms with Gasteiger partial charge in [-0.25, -0.2) is 19.4 Å². The number of carbonyl (C=O) groups excluding carboxylic acids is 3. The molecule has 0 saturated heterocycles. The van der Waals surface area contributed by atoms with Crippen LogP contribution in [0, 0.1) is 0 Å². The number of rotatable bonds is 5. The second-order valence-electron chi connectivity index (χ2n) is 4.42. The fraction of sp³-hybridized carbons (Fsp3) is 0.200. The molecule has 0 aliphatic carbocycles. The monoisotopic (exact) mass is 350 g/mol. The van der Waals surface area contributed by atoms with Crippen LogP contribution in [0.1, 0.15) is 36.1 Å². The molecule has 2 aromatic rings. The number of hydrogen-bond donors (Lipinski definition) is 1. The van der Waals surface area contributed by atoms with Crippen molar-refractivity contribution in [2.75, 3.05) is 20.0 Å². The Morgan fingerprint density at radius 3 is 2.42 bits per heavy atom. The molecular weight excluding hydrogens is 336 g/mol. The summed E-state index contributed by atoms with van der Waals surface area (Å²) in [6.45, 7) is -0.349. The van der Waals surface area contributed by atoms with Gasteiger partial charge in [-0.1, -0.05) is 6.07 Å². The minimum atomic E-state index is -0.734. The predicted molar refractivity (Wildman–Crippen MR) is 84.8 cm³/mol. The summed E-state index contributed by atoms with van der Waals surface area (Å²) in [4.78, 5) is 39.7.